The Balaban J connectivity index is 1.79. The van der Waals surface area contributed by atoms with Gasteiger partial charge in [0.05, 0.1) is 21.8 Å². The molecule has 0 saturated carbocycles. The molecule has 0 amide bonds. The van der Waals surface area contributed by atoms with Crippen LogP contribution in [0.25, 0.3) is 32.4 Å². The molecule has 3 aromatic heterocycles. The number of aryl methyl sites for hydroxylation is 1. The summed E-state index contributed by atoms with van der Waals surface area (Å²) in [5.74, 6) is -0.639. The summed E-state index contributed by atoms with van der Waals surface area (Å²) in [4.78, 5) is 17.7. The van der Waals surface area contributed by atoms with E-state index in [2.05, 4.69) is 15.6 Å². The van der Waals surface area contributed by atoms with E-state index in [1.165, 1.54) is 12.1 Å². The Morgan fingerprint density at radius 2 is 1.97 bits per heavy atom. The van der Waals surface area contributed by atoms with Gasteiger partial charge in [0.15, 0.2) is 5.82 Å². The largest absolute Gasteiger partial charge is 0.425 e. The summed E-state index contributed by atoms with van der Waals surface area (Å²) in [5.41, 5.74) is 4.61. The van der Waals surface area contributed by atoms with Gasteiger partial charge in [-0.2, -0.15) is 0 Å². The highest BCUT2D eigenvalue weighted by atomic mass is 32.1. The normalized spacial score (nSPS) is 11.5. The van der Waals surface area contributed by atoms with Crippen LogP contribution in [-0.2, 0) is 6.54 Å². The minimum Gasteiger partial charge on any atom is -0.425 e. The number of rotatable bonds is 3. The van der Waals surface area contributed by atoms with Gasteiger partial charge in [0, 0.05) is 28.9 Å². The molecule has 5 nitrogen and oxygen atoms in total. The van der Waals surface area contributed by atoms with E-state index in [-0.39, 0.29) is 5.52 Å². The van der Waals surface area contributed by atoms with Crippen molar-refractivity contribution < 1.29 is 9.60 Å². The van der Waals surface area contributed by atoms with Gasteiger partial charge < -0.3 is 9.77 Å². The highest BCUT2D eigenvalue weighted by molar-refractivity contribution is 7.13. The molecule has 1 N–H and O–H groups in total. The molecule has 7 heteroatoms. The number of aromatic nitrogens is 3. The van der Waals surface area contributed by atoms with Crippen molar-refractivity contribution in [3.05, 3.63) is 87.5 Å². The first-order valence-electron chi connectivity index (χ1n) is 9.06. The van der Waals surface area contributed by atoms with Gasteiger partial charge in [0.2, 0.25) is 0 Å². The summed E-state index contributed by atoms with van der Waals surface area (Å²) in [7, 11) is 0. The lowest BCUT2D eigenvalue weighted by atomic mass is 10.1. The van der Waals surface area contributed by atoms with E-state index in [0.29, 0.717) is 22.2 Å². The van der Waals surface area contributed by atoms with Crippen LogP contribution < -0.4 is 5.56 Å². The number of thiazole rings is 1. The molecule has 0 fully saturated rings. The maximum Gasteiger partial charge on any atom is 0.283 e. The number of hydrogen-bond donors (Lipinski definition) is 1. The van der Waals surface area contributed by atoms with Crippen molar-refractivity contribution in [2.24, 2.45) is 0 Å². The van der Waals surface area contributed by atoms with E-state index in [9.17, 15) is 14.4 Å². The van der Waals surface area contributed by atoms with Gasteiger partial charge in [0.25, 0.3) is 5.56 Å². The fourth-order valence-corrected chi connectivity index (χ4v) is 4.63. The van der Waals surface area contributed by atoms with Crippen LogP contribution in [0.2, 0.25) is 0 Å². The van der Waals surface area contributed by atoms with Crippen LogP contribution in [0.15, 0.2) is 64.9 Å². The Morgan fingerprint density at radius 3 is 2.76 bits per heavy atom. The third-order valence-electron chi connectivity index (χ3n) is 5.17. The van der Waals surface area contributed by atoms with E-state index in [1.807, 2.05) is 36.7 Å². The average molecular weight is 405 g/mol. The summed E-state index contributed by atoms with van der Waals surface area (Å²) in [6.45, 7) is 2.32. The predicted molar refractivity (Wildman–Crippen MR) is 112 cm³/mol. The van der Waals surface area contributed by atoms with E-state index < -0.39 is 11.4 Å². The Labute approximate surface area is 168 Å². The van der Waals surface area contributed by atoms with Gasteiger partial charge in [0.1, 0.15) is 5.52 Å². The second kappa shape index (κ2) is 6.56. The van der Waals surface area contributed by atoms with Crippen molar-refractivity contribution in [2.75, 3.05) is 0 Å². The van der Waals surface area contributed by atoms with Crippen LogP contribution in [-0.4, -0.2) is 19.5 Å². The molecule has 0 aliphatic carbocycles. The highest BCUT2D eigenvalue weighted by Gasteiger charge is 2.17. The van der Waals surface area contributed by atoms with E-state index in [4.69, 9.17) is 0 Å². The Hall–Kier alpha value is -3.45. The third-order valence-corrected chi connectivity index (χ3v) is 6.12. The standard InChI is InChI=1S/C22H16FN3O2S/c1-13-22(29-12-24-13)19-9-14-5-2-3-8-18(14)25(19)11-15-10-20(27)26(28)21-16(15)6-4-7-17(21)23/h2-10,12,28H,11H2,1H3. The van der Waals surface area contributed by atoms with Crippen LogP contribution in [0, 0.1) is 12.7 Å². The zero-order chi connectivity index (χ0) is 20.1. The van der Waals surface area contributed by atoms with Crippen LogP contribution in [0.3, 0.4) is 0 Å². The fourth-order valence-electron chi connectivity index (χ4n) is 3.81. The first-order valence-corrected chi connectivity index (χ1v) is 9.93. The predicted octanol–water partition coefficient (Wildman–Crippen LogP) is 4.81. The Bertz CT molecular complexity index is 1450. The molecule has 144 valence electrons. The zero-order valence-electron chi connectivity index (χ0n) is 15.5. The summed E-state index contributed by atoms with van der Waals surface area (Å²) in [5, 5.41) is 11.6. The SMILES string of the molecule is Cc1ncsc1-c1cc2ccccc2n1Cc1cc(=O)n(O)c2c(F)cccc12. The highest BCUT2D eigenvalue weighted by Crippen LogP contribution is 2.34. The van der Waals surface area contributed by atoms with Crippen molar-refractivity contribution in [1.29, 1.82) is 0 Å². The summed E-state index contributed by atoms with van der Waals surface area (Å²) < 4.78 is 16.8. The van der Waals surface area contributed by atoms with Crippen molar-refractivity contribution in [3.8, 4) is 10.6 Å². The number of pyridine rings is 1. The van der Waals surface area contributed by atoms with E-state index in [1.54, 1.807) is 23.5 Å². The van der Waals surface area contributed by atoms with Crippen molar-refractivity contribution >= 4 is 33.1 Å². The molecule has 0 aliphatic rings. The molecule has 5 rings (SSSR count). The molecule has 0 aliphatic heterocycles. The first-order chi connectivity index (χ1) is 14.0. The van der Waals surface area contributed by atoms with Crippen molar-refractivity contribution in [2.45, 2.75) is 13.5 Å². The van der Waals surface area contributed by atoms with Crippen molar-refractivity contribution in [3.63, 3.8) is 0 Å². The topological polar surface area (TPSA) is 60.0 Å². The monoisotopic (exact) mass is 405 g/mol. The van der Waals surface area contributed by atoms with Gasteiger partial charge in [-0.05, 0) is 30.7 Å². The van der Waals surface area contributed by atoms with Crippen LogP contribution in [0.1, 0.15) is 11.3 Å². The fraction of sp³-hybridized carbons (Fsp3) is 0.0909. The zero-order valence-corrected chi connectivity index (χ0v) is 16.3. The molecule has 0 spiro atoms. The molecule has 29 heavy (non-hydrogen) atoms. The molecule has 2 aromatic carbocycles. The smallest absolute Gasteiger partial charge is 0.283 e. The summed E-state index contributed by atoms with van der Waals surface area (Å²) >= 11 is 1.56. The quantitative estimate of drug-likeness (QED) is 0.438. The van der Waals surface area contributed by atoms with Gasteiger partial charge in [-0.1, -0.05) is 30.3 Å². The summed E-state index contributed by atoms with van der Waals surface area (Å²) in [6, 6.07) is 16.0. The molecule has 3 heterocycles. The Morgan fingerprint density at radius 1 is 1.14 bits per heavy atom. The van der Waals surface area contributed by atoms with E-state index >= 15 is 0 Å². The number of fused-ring (bicyclic) bond motifs is 2. The van der Waals surface area contributed by atoms with Gasteiger partial charge in [-0.3, -0.25) is 4.79 Å². The maximum absolute atomic E-state index is 14.4. The lowest BCUT2D eigenvalue weighted by molar-refractivity contribution is 0.186. The lowest BCUT2D eigenvalue weighted by Crippen LogP contribution is -2.20. The van der Waals surface area contributed by atoms with Crippen LogP contribution in [0.4, 0.5) is 4.39 Å². The first kappa shape index (κ1) is 17.6. The number of hydrogen-bond acceptors (Lipinski definition) is 4. The van der Waals surface area contributed by atoms with Gasteiger partial charge >= 0.3 is 0 Å². The molecule has 0 bridgehead atoms. The minimum atomic E-state index is -0.662. The number of benzene rings is 2. The molecule has 0 unspecified atom stereocenters. The molecule has 0 saturated heterocycles. The van der Waals surface area contributed by atoms with E-state index in [0.717, 1.165) is 27.2 Å². The second-order valence-corrected chi connectivity index (χ2v) is 7.75. The average Bonchev–Trinajstić information content (AvgIpc) is 3.29. The molecular weight excluding hydrogens is 389 g/mol. The number of para-hydroxylation sites is 2. The van der Waals surface area contributed by atoms with Crippen molar-refractivity contribution in [1.82, 2.24) is 14.3 Å². The Kier molecular flexibility index (Phi) is 3.99. The maximum atomic E-state index is 14.4. The molecular formula is C22H16FN3O2S. The third kappa shape index (κ3) is 2.74. The lowest BCUT2D eigenvalue weighted by Gasteiger charge is -2.14. The number of nitrogens with zero attached hydrogens (tertiary/aromatic N) is 3. The van der Waals surface area contributed by atoms with Gasteiger partial charge in [-0.15, -0.1) is 16.1 Å². The molecule has 0 radical (unpaired) electrons. The number of halogens is 1. The van der Waals surface area contributed by atoms with Crippen LogP contribution >= 0.6 is 11.3 Å². The second-order valence-electron chi connectivity index (χ2n) is 6.90. The molecule has 0 atom stereocenters. The molecule has 5 aromatic rings. The van der Waals surface area contributed by atoms with Gasteiger partial charge in [-0.25, -0.2) is 9.37 Å². The van der Waals surface area contributed by atoms with Crippen LogP contribution in [0.5, 0.6) is 0 Å². The summed E-state index contributed by atoms with van der Waals surface area (Å²) in [6.07, 6.45) is 0. The minimum absolute atomic E-state index is 0.109.